The number of alkyl halides is 1. The number of halogens is 1. The van der Waals surface area contributed by atoms with E-state index in [-0.39, 0.29) is 12.7 Å². The average Bonchev–Trinajstić information content (AvgIpc) is 3.35. The minimum absolute atomic E-state index is 0.194. The van der Waals surface area contributed by atoms with Gasteiger partial charge in [0.25, 0.3) is 0 Å². The number of hydrogen-bond acceptors (Lipinski definition) is 3. The van der Waals surface area contributed by atoms with Crippen LogP contribution in [0.4, 0.5) is 4.39 Å². The summed E-state index contributed by atoms with van der Waals surface area (Å²) in [5.41, 5.74) is 2.25. The van der Waals surface area contributed by atoms with Crippen LogP contribution in [0.2, 0.25) is 0 Å². The molecule has 0 aliphatic heterocycles. The molecule has 25 heavy (non-hydrogen) atoms. The predicted molar refractivity (Wildman–Crippen MR) is 97.4 cm³/mol. The van der Waals surface area contributed by atoms with Gasteiger partial charge in [-0.05, 0) is 30.9 Å². The number of aryl methyl sites for hydroxylation is 1. The van der Waals surface area contributed by atoms with Crippen LogP contribution in [0.1, 0.15) is 35.6 Å². The van der Waals surface area contributed by atoms with Crippen molar-refractivity contribution in [3.8, 4) is 0 Å². The second-order valence-corrected chi connectivity index (χ2v) is 6.97. The quantitative estimate of drug-likeness (QED) is 0.732. The lowest BCUT2D eigenvalue weighted by Gasteiger charge is -2.21. The van der Waals surface area contributed by atoms with Crippen molar-refractivity contribution < 1.29 is 14.2 Å². The summed E-state index contributed by atoms with van der Waals surface area (Å²) in [6, 6.07) is 18.2. The molecule has 3 rings (SSSR count). The van der Waals surface area contributed by atoms with Crippen LogP contribution < -0.4 is 5.32 Å². The first kappa shape index (κ1) is 18.1. The topological polar surface area (TPSA) is 41.5 Å². The largest absolute Gasteiger partial charge is 0.389 e. The van der Waals surface area contributed by atoms with Gasteiger partial charge in [0, 0.05) is 13.1 Å². The molecule has 1 fully saturated rings. The zero-order valence-electron chi connectivity index (χ0n) is 14.6. The minimum atomic E-state index is -1.05. The monoisotopic (exact) mass is 343 g/mol. The summed E-state index contributed by atoms with van der Waals surface area (Å²) in [5, 5.41) is 13.1. The van der Waals surface area contributed by atoms with E-state index in [4.69, 9.17) is 4.74 Å². The van der Waals surface area contributed by atoms with Crippen molar-refractivity contribution in [1.29, 1.82) is 0 Å². The SMILES string of the molecule is Cc1ccc(C(OCC(O)CNCC2(F)CC2)c2ccccc2)cc1. The van der Waals surface area contributed by atoms with Crippen molar-refractivity contribution in [1.82, 2.24) is 5.32 Å². The zero-order valence-corrected chi connectivity index (χ0v) is 14.6. The third kappa shape index (κ3) is 5.36. The van der Waals surface area contributed by atoms with Crippen molar-refractivity contribution in [2.45, 2.75) is 37.6 Å². The number of rotatable bonds is 9. The molecule has 1 saturated carbocycles. The van der Waals surface area contributed by atoms with Gasteiger partial charge in [-0.25, -0.2) is 4.39 Å². The van der Waals surface area contributed by atoms with E-state index in [1.54, 1.807) is 0 Å². The maximum atomic E-state index is 13.6. The first-order valence-electron chi connectivity index (χ1n) is 8.87. The molecule has 1 aliphatic carbocycles. The predicted octanol–water partition coefficient (Wildman–Crippen LogP) is 3.55. The Balaban J connectivity index is 1.58. The first-order chi connectivity index (χ1) is 12.1. The Hall–Kier alpha value is -1.75. The molecular formula is C21H26FNO2. The van der Waals surface area contributed by atoms with Crippen LogP contribution in [0.3, 0.4) is 0 Å². The van der Waals surface area contributed by atoms with Crippen LogP contribution in [0.25, 0.3) is 0 Å². The summed E-state index contributed by atoms with van der Waals surface area (Å²) in [6.07, 6.45) is 0.345. The van der Waals surface area contributed by atoms with Gasteiger partial charge in [-0.3, -0.25) is 0 Å². The van der Waals surface area contributed by atoms with Crippen LogP contribution in [0.15, 0.2) is 54.6 Å². The summed E-state index contributed by atoms with van der Waals surface area (Å²) in [6.45, 7) is 2.89. The highest BCUT2D eigenvalue weighted by atomic mass is 19.1. The average molecular weight is 343 g/mol. The molecule has 0 amide bonds. The molecular weight excluding hydrogens is 317 g/mol. The van der Waals surface area contributed by atoms with Crippen molar-refractivity contribution in [2.24, 2.45) is 0 Å². The summed E-state index contributed by atoms with van der Waals surface area (Å²) in [5.74, 6) is 0. The van der Waals surface area contributed by atoms with Crippen molar-refractivity contribution in [3.05, 3.63) is 71.3 Å². The Bertz CT molecular complexity index is 655. The second kappa shape index (κ2) is 8.09. The van der Waals surface area contributed by atoms with Gasteiger partial charge < -0.3 is 15.2 Å². The van der Waals surface area contributed by atoms with Crippen LogP contribution in [-0.2, 0) is 4.74 Å². The van der Waals surface area contributed by atoms with E-state index in [1.165, 1.54) is 5.56 Å². The maximum Gasteiger partial charge on any atom is 0.123 e. The van der Waals surface area contributed by atoms with Crippen molar-refractivity contribution >= 4 is 0 Å². The number of aliphatic hydroxyl groups is 1. The number of ether oxygens (including phenoxy) is 1. The molecule has 3 nitrogen and oxygen atoms in total. The highest BCUT2D eigenvalue weighted by molar-refractivity contribution is 5.31. The Labute approximate surface area is 148 Å². The van der Waals surface area contributed by atoms with E-state index in [9.17, 15) is 9.50 Å². The molecule has 0 aromatic heterocycles. The molecule has 2 aromatic rings. The van der Waals surface area contributed by atoms with Crippen LogP contribution in [-0.4, -0.2) is 36.6 Å². The Morgan fingerprint density at radius 1 is 1.08 bits per heavy atom. The molecule has 1 aliphatic rings. The summed E-state index contributed by atoms with van der Waals surface area (Å²) in [4.78, 5) is 0. The molecule has 2 aromatic carbocycles. The Kier molecular flexibility index (Phi) is 5.84. The molecule has 134 valence electrons. The standard InChI is InChI=1S/C21H26FNO2/c1-16-7-9-18(10-8-16)20(17-5-3-2-4-6-17)25-14-19(24)13-23-15-21(22)11-12-21/h2-10,19-20,23-24H,11-15H2,1H3. The van der Waals surface area contributed by atoms with E-state index in [0.717, 1.165) is 11.1 Å². The number of benzene rings is 2. The van der Waals surface area contributed by atoms with Gasteiger partial charge in [-0.15, -0.1) is 0 Å². The maximum absolute atomic E-state index is 13.6. The van der Waals surface area contributed by atoms with Gasteiger partial charge in [0.15, 0.2) is 0 Å². The molecule has 2 N–H and O–H groups in total. The molecule has 2 unspecified atom stereocenters. The highest BCUT2D eigenvalue weighted by Crippen LogP contribution is 2.38. The van der Waals surface area contributed by atoms with E-state index in [1.807, 2.05) is 30.3 Å². The minimum Gasteiger partial charge on any atom is -0.389 e. The van der Waals surface area contributed by atoms with Crippen LogP contribution >= 0.6 is 0 Å². The molecule has 0 heterocycles. The molecule has 0 bridgehead atoms. The van der Waals surface area contributed by atoms with E-state index in [2.05, 4.69) is 36.5 Å². The van der Waals surface area contributed by atoms with Gasteiger partial charge in [-0.1, -0.05) is 60.2 Å². The molecule has 2 atom stereocenters. The number of hydrogen-bond donors (Lipinski definition) is 2. The zero-order chi connectivity index (χ0) is 17.7. The van der Waals surface area contributed by atoms with Crippen molar-refractivity contribution in [2.75, 3.05) is 19.7 Å². The normalized spacial score (nSPS) is 17.9. The van der Waals surface area contributed by atoms with Crippen LogP contribution in [0, 0.1) is 6.92 Å². The molecule has 0 saturated heterocycles. The highest BCUT2D eigenvalue weighted by Gasteiger charge is 2.42. The molecule has 0 radical (unpaired) electrons. The smallest absolute Gasteiger partial charge is 0.123 e. The fourth-order valence-electron chi connectivity index (χ4n) is 2.80. The molecule has 4 heteroatoms. The fraction of sp³-hybridized carbons (Fsp3) is 0.429. The van der Waals surface area contributed by atoms with E-state index in [0.29, 0.717) is 25.9 Å². The summed E-state index contributed by atoms with van der Waals surface area (Å²) < 4.78 is 19.6. The van der Waals surface area contributed by atoms with Gasteiger partial charge in [0.1, 0.15) is 11.8 Å². The van der Waals surface area contributed by atoms with Gasteiger partial charge in [-0.2, -0.15) is 0 Å². The third-order valence-corrected chi connectivity index (χ3v) is 4.55. The van der Waals surface area contributed by atoms with Crippen molar-refractivity contribution in [3.63, 3.8) is 0 Å². The Morgan fingerprint density at radius 2 is 1.72 bits per heavy atom. The first-order valence-corrected chi connectivity index (χ1v) is 8.87. The third-order valence-electron chi connectivity index (χ3n) is 4.55. The second-order valence-electron chi connectivity index (χ2n) is 6.97. The molecule has 0 spiro atoms. The van der Waals surface area contributed by atoms with Gasteiger partial charge in [0.05, 0.1) is 12.7 Å². The Morgan fingerprint density at radius 3 is 2.36 bits per heavy atom. The van der Waals surface area contributed by atoms with E-state index >= 15 is 0 Å². The lowest BCUT2D eigenvalue weighted by atomic mass is 10.0. The van der Waals surface area contributed by atoms with Gasteiger partial charge in [0.2, 0.25) is 0 Å². The van der Waals surface area contributed by atoms with Gasteiger partial charge >= 0.3 is 0 Å². The van der Waals surface area contributed by atoms with Crippen LogP contribution in [0.5, 0.6) is 0 Å². The summed E-state index contributed by atoms with van der Waals surface area (Å²) in [7, 11) is 0. The number of nitrogens with one attached hydrogen (secondary N) is 1. The number of aliphatic hydroxyl groups excluding tert-OH is 1. The lowest BCUT2D eigenvalue weighted by molar-refractivity contribution is 0.00604. The summed E-state index contributed by atoms with van der Waals surface area (Å²) >= 11 is 0. The lowest BCUT2D eigenvalue weighted by Crippen LogP contribution is -2.35. The fourth-order valence-corrected chi connectivity index (χ4v) is 2.80. The van der Waals surface area contributed by atoms with E-state index < -0.39 is 11.8 Å².